The van der Waals surface area contributed by atoms with E-state index in [-0.39, 0.29) is 17.2 Å². The molecule has 9 nitrogen and oxygen atoms in total. The first-order chi connectivity index (χ1) is 15.5. The molecule has 2 heterocycles. The first kappa shape index (κ1) is 22.2. The largest absolute Gasteiger partial charge is 0.496 e. The summed E-state index contributed by atoms with van der Waals surface area (Å²) in [6, 6.07) is 9.98. The van der Waals surface area contributed by atoms with Crippen LogP contribution in [0.25, 0.3) is 0 Å². The Morgan fingerprint density at radius 3 is 2.75 bits per heavy atom. The van der Waals surface area contributed by atoms with Crippen molar-refractivity contribution in [2.45, 2.75) is 4.34 Å². The van der Waals surface area contributed by atoms with E-state index in [4.69, 9.17) is 25.8 Å². The number of methoxy groups -OCH3 is 1. The van der Waals surface area contributed by atoms with Crippen LogP contribution in [0.1, 0.15) is 10.4 Å². The average Bonchev–Trinajstić information content (AvgIpc) is 3.25. The van der Waals surface area contributed by atoms with Crippen LogP contribution >= 0.6 is 34.7 Å². The highest BCUT2D eigenvalue weighted by Crippen LogP contribution is 2.33. The normalized spacial score (nSPS) is 12.2. The summed E-state index contributed by atoms with van der Waals surface area (Å²) in [7, 11) is 1.47. The smallest absolute Gasteiger partial charge is 0.261 e. The van der Waals surface area contributed by atoms with Gasteiger partial charge in [-0.3, -0.25) is 14.9 Å². The summed E-state index contributed by atoms with van der Waals surface area (Å²) in [6.45, 7) is 0.979. The summed E-state index contributed by atoms with van der Waals surface area (Å²) in [6.07, 6.45) is 0. The van der Waals surface area contributed by atoms with Gasteiger partial charge in [0.2, 0.25) is 11.0 Å². The van der Waals surface area contributed by atoms with E-state index in [9.17, 15) is 9.59 Å². The molecule has 0 atom stereocenters. The molecule has 0 spiro atoms. The van der Waals surface area contributed by atoms with Crippen LogP contribution < -0.4 is 24.8 Å². The second kappa shape index (κ2) is 10.1. The summed E-state index contributed by atoms with van der Waals surface area (Å²) in [5, 5.41) is 14.1. The Balaban J connectivity index is 1.31. The number of nitrogens with one attached hydrogen (secondary N) is 2. The molecule has 2 aromatic carbocycles. The van der Waals surface area contributed by atoms with Gasteiger partial charge < -0.3 is 19.5 Å². The number of thioether (sulfide) groups is 1. The fourth-order valence-electron chi connectivity index (χ4n) is 2.79. The van der Waals surface area contributed by atoms with Crippen LogP contribution in [-0.4, -0.2) is 48.1 Å². The minimum Gasteiger partial charge on any atom is -0.496 e. The van der Waals surface area contributed by atoms with E-state index in [1.807, 2.05) is 0 Å². The third-order valence-electron chi connectivity index (χ3n) is 4.19. The summed E-state index contributed by atoms with van der Waals surface area (Å²) in [5.74, 6) is 1.13. The number of carbonyl (C=O) groups excluding carboxylic acids is 2. The van der Waals surface area contributed by atoms with Crippen molar-refractivity contribution >= 4 is 57.3 Å². The van der Waals surface area contributed by atoms with Crippen molar-refractivity contribution in [2.75, 3.05) is 36.7 Å². The molecule has 1 aliphatic heterocycles. The van der Waals surface area contributed by atoms with Gasteiger partial charge in [0.05, 0.1) is 18.4 Å². The van der Waals surface area contributed by atoms with Crippen LogP contribution in [0.15, 0.2) is 40.7 Å². The van der Waals surface area contributed by atoms with E-state index in [1.54, 1.807) is 30.3 Å². The van der Waals surface area contributed by atoms with Crippen molar-refractivity contribution in [3.63, 3.8) is 0 Å². The number of anilines is 2. The molecule has 166 valence electrons. The van der Waals surface area contributed by atoms with Crippen LogP contribution in [0, 0.1) is 0 Å². The minimum atomic E-state index is -0.423. The molecular weight excluding hydrogens is 476 g/mol. The number of carbonyl (C=O) groups is 2. The minimum absolute atomic E-state index is 0.124. The quantitative estimate of drug-likeness (QED) is 0.376. The van der Waals surface area contributed by atoms with Gasteiger partial charge in [-0.2, -0.15) is 0 Å². The molecular formula is C20H17ClN4O5S2. The Hall–Kier alpha value is -3.02. The van der Waals surface area contributed by atoms with Crippen LogP contribution in [0.5, 0.6) is 17.2 Å². The zero-order valence-corrected chi connectivity index (χ0v) is 19.1. The molecule has 0 bridgehead atoms. The lowest BCUT2D eigenvalue weighted by atomic mass is 10.2. The molecule has 0 saturated heterocycles. The number of ether oxygens (including phenoxy) is 3. The summed E-state index contributed by atoms with van der Waals surface area (Å²) in [5.41, 5.74) is 0.892. The molecule has 2 N–H and O–H groups in total. The van der Waals surface area contributed by atoms with Gasteiger partial charge in [0.25, 0.3) is 5.91 Å². The van der Waals surface area contributed by atoms with E-state index < -0.39 is 5.91 Å². The predicted molar refractivity (Wildman–Crippen MR) is 123 cm³/mol. The third kappa shape index (κ3) is 5.42. The molecule has 0 unspecified atom stereocenters. The number of amides is 2. The van der Waals surface area contributed by atoms with Crippen molar-refractivity contribution in [2.24, 2.45) is 0 Å². The Morgan fingerprint density at radius 1 is 1.12 bits per heavy atom. The number of benzene rings is 2. The predicted octanol–water partition coefficient (Wildman–Crippen LogP) is 3.95. The maximum Gasteiger partial charge on any atom is 0.261 e. The summed E-state index contributed by atoms with van der Waals surface area (Å²) < 4.78 is 16.7. The summed E-state index contributed by atoms with van der Waals surface area (Å²) >= 11 is 8.34. The molecule has 32 heavy (non-hydrogen) atoms. The zero-order chi connectivity index (χ0) is 22.5. The van der Waals surface area contributed by atoms with Gasteiger partial charge in [0.15, 0.2) is 15.8 Å². The van der Waals surface area contributed by atoms with Crippen molar-refractivity contribution < 1.29 is 23.8 Å². The topological polar surface area (TPSA) is 112 Å². The Kier molecular flexibility index (Phi) is 6.98. The number of nitrogens with zero attached hydrogens (tertiary/aromatic N) is 2. The molecule has 1 aliphatic rings. The standard InChI is InChI=1S/C20H17ClN4O5S2/c1-28-14-4-2-11(21)8-13(14)18(27)23-19-24-25-20(32-19)31-10-17(26)22-12-3-5-15-16(9-12)30-7-6-29-15/h2-5,8-9H,6-7,10H2,1H3,(H,22,26)(H,23,24,27). The molecule has 12 heteroatoms. The highest BCUT2D eigenvalue weighted by molar-refractivity contribution is 8.01. The van der Waals surface area contributed by atoms with Gasteiger partial charge in [-0.05, 0) is 30.3 Å². The average molecular weight is 493 g/mol. The highest BCUT2D eigenvalue weighted by atomic mass is 35.5. The number of hydrogen-bond donors (Lipinski definition) is 2. The first-order valence-electron chi connectivity index (χ1n) is 9.32. The second-order valence-corrected chi connectivity index (χ2v) is 9.00. The lowest BCUT2D eigenvalue weighted by Crippen LogP contribution is -2.17. The summed E-state index contributed by atoms with van der Waals surface area (Å²) in [4.78, 5) is 24.8. The zero-order valence-electron chi connectivity index (χ0n) is 16.7. The Labute approximate surface area is 196 Å². The van der Waals surface area contributed by atoms with Gasteiger partial charge in [0, 0.05) is 16.8 Å². The lowest BCUT2D eigenvalue weighted by Gasteiger charge is -2.18. The molecule has 1 aromatic heterocycles. The Bertz CT molecular complexity index is 1160. The van der Waals surface area contributed by atoms with Gasteiger partial charge in [-0.25, -0.2) is 0 Å². The fourth-order valence-corrected chi connectivity index (χ4v) is 4.51. The van der Waals surface area contributed by atoms with E-state index in [0.717, 1.165) is 11.3 Å². The van der Waals surface area contributed by atoms with Crippen molar-refractivity contribution in [3.05, 3.63) is 47.0 Å². The fraction of sp³-hybridized carbons (Fsp3) is 0.200. The molecule has 3 aromatic rings. The maximum absolute atomic E-state index is 12.5. The van der Waals surface area contributed by atoms with Gasteiger partial charge in [-0.15, -0.1) is 10.2 Å². The van der Waals surface area contributed by atoms with Gasteiger partial charge >= 0.3 is 0 Å². The SMILES string of the molecule is COc1ccc(Cl)cc1C(=O)Nc1nnc(SCC(=O)Nc2ccc3c(c2)OCCO3)s1. The van der Waals surface area contributed by atoms with Gasteiger partial charge in [-0.1, -0.05) is 34.7 Å². The molecule has 2 amide bonds. The molecule has 0 aliphatic carbocycles. The monoisotopic (exact) mass is 492 g/mol. The van der Waals surface area contributed by atoms with E-state index >= 15 is 0 Å². The number of hydrogen-bond acceptors (Lipinski definition) is 9. The van der Waals surface area contributed by atoms with Crippen LogP contribution in [0.4, 0.5) is 10.8 Å². The molecule has 0 radical (unpaired) electrons. The van der Waals surface area contributed by atoms with Crippen LogP contribution in [0.3, 0.4) is 0 Å². The molecule has 0 fully saturated rings. The van der Waals surface area contributed by atoms with E-state index in [1.165, 1.54) is 24.9 Å². The van der Waals surface area contributed by atoms with Crippen LogP contribution in [-0.2, 0) is 4.79 Å². The number of aromatic nitrogens is 2. The molecule has 0 saturated carbocycles. The number of fused-ring (bicyclic) bond motifs is 1. The first-order valence-corrected chi connectivity index (χ1v) is 11.5. The van der Waals surface area contributed by atoms with Crippen molar-refractivity contribution in [1.82, 2.24) is 10.2 Å². The van der Waals surface area contributed by atoms with E-state index in [2.05, 4.69) is 20.8 Å². The van der Waals surface area contributed by atoms with Gasteiger partial charge in [0.1, 0.15) is 19.0 Å². The highest BCUT2D eigenvalue weighted by Gasteiger charge is 2.17. The van der Waals surface area contributed by atoms with Crippen LogP contribution in [0.2, 0.25) is 5.02 Å². The number of rotatable bonds is 7. The second-order valence-electron chi connectivity index (χ2n) is 6.37. The maximum atomic E-state index is 12.5. The van der Waals surface area contributed by atoms with Crippen molar-refractivity contribution in [1.29, 1.82) is 0 Å². The number of halogens is 1. The van der Waals surface area contributed by atoms with Crippen molar-refractivity contribution in [3.8, 4) is 17.2 Å². The third-order valence-corrected chi connectivity index (χ3v) is 6.39. The Morgan fingerprint density at radius 2 is 1.94 bits per heavy atom. The van der Waals surface area contributed by atoms with E-state index in [0.29, 0.717) is 50.6 Å². The lowest BCUT2D eigenvalue weighted by molar-refractivity contribution is -0.113. The molecule has 4 rings (SSSR count).